The highest BCUT2D eigenvalue weighted by Gasteiger charge is 2.24. The first-order chi connectivity index (χ1) is 14.5. The molecule has 0 aliphatic heterocycles. The standard InChI is InChI=1S/C23H22N2O4S/c1-14-7-8-15(2)21-20(14)24-23(30-21)25(13-17-6-5-11-29-17)22(26)16-9-10-18(27-3)19(12-16)28-4/h5-12H,13H2,1-4H3. The molecule has 0 spiro atoms. The molecule has 4 aromatic rings. The molecular formula is C23H22N2O4S. The molecule has 0 atom stereocenters. The number of nitrogens with zero attached hydrogens (tertiary/aromatic N) is 2. The number of hydrogen-bond donors (Lipinski definition) is 0. The lowest BCUT2D eigenvalue weighted by atomic mass is 10.1. The highest BCUT2D eigenvalue weighted by Crippen LogP contribution is 2.35. The zero-order valence-electron chi connectivity index (χ0n) is 17.3. The number of hydrogen-bond acceptors (Lipinski definition) is 6. The van der Waals surface area contributed by atoms with Crippen LogP contribution < -0.4 is 14.4 Å². The minimum atomic E-state index is -0.193. The van der Waals surface area contributed by atoms with E-state index in [9.17, 15) is 4.79 Å². The molecule has 0 saturated carbocycles. The number of fused-ring (bicyclic) bond motifs is 1. The third kappa shape index (κ3) is 3.64. The summed E-state index contributed by atoms with van der Waals surface area (Å²) in [7, 11) is 3.11. The molecule has 0 aliphatic rings. The van der Waals surface area contributed by atoms with Gasteiger partial charge in [0.05, 0.1) is 37.2 Å². The van der Waals surface area contributed by atoms with Crippen LogP contribution in [-0.4, -0.2) is 25.1 Å². The zero-order valence-corrected chi connectivity index (χ0v) is 18.1. The van der Waals surface area contributed by atoms with Crippen molar-refractivity contribution in [3.8, 4) is 11.5 Å². The van der Waals surface area contributed by atoms with E-state index in [2.05, 4.69) is 13.0 Å². The van der Waals surface area contributed by atoms with E-state index in [4.69, 9.17) is 18.9 Å². The summed E-state index contributed by atoms with van der Waals surface area (Å²) in [5.74, 6) is 1.55. The SMILES string of the molecule is COc1ccc(C(=O)N(Cc2ccco2)c2nc3c(C)ccc(C)c3s2)cc1OC. The van der Waals surface area contributed by atoms with Gasteiger partial charge in [-0.25, -0.2) is 4.98 Å². The van der Waals surface area contributed by atoms with Gasteiger partial charge in [-0.15, -0.1) is 0 Å². The summed E-state index contributed by atoms with van der Waals surface area (Å²) in [5, 5.41) is 0.624. The molecule has 7 heteroatoms. The lowest BCUT2D eigenvalue weighted by Gasteiger charge is -2.19. The Morgan fingerprint density at radius 1 is 1.07 bits per heavy atom. The van der Waals surface area contributed by atoms with Crippen molar-refractivity contribution in [3.63, 3.8) is 0 Å². The van der Waals surface area contributed by atoms with Crippen LogP contribution in [-0.2, 0) is 6.54 Å². The molecule has 0 fully saturated rings. The van der Waals surface area contributed by atoms with Gasteiger partial charge in [-0.3, -0.25) is 9.69 Å². The van der Waals surface area contributed by atoms with Gasteiger partial charge >= 0.3 is 0 Å². The predicted molar refractivity (Wildman–Crippen MR) is 118 cm³/mol. The van der Waals surface area contributed by atoms with Crippen molar-refractivity contribution in [2.75, 3.05) is 19.1 Å². The Kier molecular flexibility index (Phi) is 5.46. The van der Waals surface area contributed by atoms with Crippen LogP contribution >= 0.6 is 11.3 Å². The first kappa shape index (κ1) is 20.0. The van der Waals surface area contributed by atoms with Gasteiger partial charge in [0.25, 0.3) is 5.91 Å². The zero-order chi connectivity index (χ0) is 21.3. The van der Waals surface area contributed by atoms with E-state index in [-0.39, 0.29) is 12.5 Å². The maximum absolute atomic E-state index is 13.5. The second kappa shape index (κ2) is 8.20. The number of amides is 1. The number of benzene rings is 2. The summed E-state index contributed by atoms with van der Waals surface area (Å²) in [6.45, 7) is 4.35. The van der Waals surface area contributed by atoms with Gasteiger partial charge in [0.15, 0.2) is 16.6 Å². The van der Waals surface area contributed by atoms with Crippen molar-refractivity contribution in [3.05, 3.63) is 71.2 Å². The summed E-state index contributed by atoms with van der Waals surface area (Å²) in [5.41, 5.74) is 3.61. The number of thiazole rings is 1. The first-order valence-electron chi connectivity index (χ1n) is 9.45. The average Bonchev–Trinajstić information content (AvgIpc) is 3.44. The van der Waals surface area contributed by atoms with Crippen LogP contribution in [0.15, 0.2) is 53.1 Å². The van der Waals surface area contributed by atoms with E-state index >= 15 is 0 Å². The molecule has 0 bridgehead atoms. The Hall–Kier alpha value is -3.32. The number of furan rings is 1. The Morgan fingerprint density at radius 3 is 2.50 bits per heavy atom. The van der Waals surface area contributed by atoms with Crippen molar-refractivity contribution in [1.82, 2.24) is 4.98 Å². The fraction of sp³-hybridized carbons (Fsp3) is 0.217. The van der Waals surface area contributed by atoms with Crippen LogP contribution in [0.1, 0.15) is 27.2 Å². The smallest absolute Gasteiger partial charge is 0.260 e. The maximum atomic E-state index is 13.5. The van der Waals surface area contributed by atoms with Crippen LogP contribution in [0, 0.1) is 13.8 Å². The van der Waals surface area contributed by atoms with Gasteiger partial charge in [-0.2, -0.15) is 0 Å². The van der Waals surface area contributed by atoms with Crippen LogP contribution in [0.4, 0.5) is 5.13 Å². The van der Waals surface area contributed by atoms with Gasteiger partial charge < -0.3 is 13.9 Å². The minimum absolute atomic E-state index is 0.193. The molecule has 2 aromatic carbocycles. The molecule has 0 unspecified atom stereocenters. The number of carbonyl (C=O) groups excluding carboxylic acids is 1. The number of methoxy groups -OCH3 is 2. The van der Waals surface area contributed by atoms with Gasteiger partial charge in [0.1, 0.15) is 5.76 Å². The van der Waals surface area contributed by atoms with Crippen molar-refractivity contribution >= 4 is 32.6 Å². The van der Waals surface area contributed by atoms with Gasteiger partial charge in [-0.1, -0.05) is 23.5 Å². The molecule has 4 rings (SSSR count). The Labute approximate surface area is 178 Å². The highest BCUT2D eigenvalue weighted by atomic mass is 32.1. The summed E-state index contributed by atoms with van der Waals surface area (Å²) < 4.78 is 17.3. The van der Waals surface area contributed by atoms with Crippen LogP contribution in [0.5, 0.6) is 11.5 Å². The number of anilines is 1. The Balaban J connectivity index is 1.80. The van der Waals surface area contributed by atoms with Gasteiger partial charge in [0.2, 0.25) is 0 Å². The number of carbonyl (C=O) groups is 1. The Morgan fingerprint density at radius 2 is 1.83 bits per heavy atom. The van der Waals surface area contributed by atoms with Crippen molar-refractivity contribution in [2.45, 2.75) is 20.4 Å². The normalized spacial score (nSPS) is 10.9. The second-order valence-electron chi connectivity index (χ2n) is 6.91. The summed E-state index contributed by atoms with van der Waals surface area (Å²) >= 11 is 1.50. The molecule has 0 radical (unpaired) electrons. The lowest BCUT2D eigenvalue weighted by Crippen LogP contribution is -2.30. The van der Waals surface area contributed by atoms with E-state index in [1.807, 2.05) is 19.1 Å². The largest absolute Gasteiger partial charge is 0.493 e. The number of ether oxygens (including phenoxy) is 2. The summed E-state index contributed by atoms with van der Waals surface area (Å²) in [6.07, 6.45) is 1.60. The van der Waals surface area contributed by atoms with Gasteiger partial charge in [-0.05, 0) is 55.3 Å². The highest BCUT2D eigenvalue weighted by molar-refractivity contribution is 7.22. The first-order valence-corrected chi connectivity index (χ1v) is 10.3. The summed E-state index contributed by atoms with van der Waals surface area (Å²) in [4.78, 5) is 20.0. The third-order valence-corrected chi connectivity index (χ3v) is 6.15. The Bertz CT molecular complexity index is 1160. The average molecular weight is 423 g/mol. The van der Waals surface area contributed by atoms with Crippen molar-refractivity contribution in [1.29, 1.82) is 0 Å². The number of rotatable bonds is 6. The molecule has 0 aliphatic carbocycles. The maximum Gasteiger partial charge on any atom is 0.260 e. The molecular weight excluding hydrogens is 400 g/mol. The van der Waals surface area contributed by atoms with E-state index in [1.165, 1.54) is 11.3 Å². The van der Waals surface area contributed by atoms with Crippen LogP contribution in [0.3, 0.4) is 0 Å². The van der Waals surface area contributed by atoms with Crippen molar-refractivity contribution < 1.29 is 18.7 Å². The van der Waals surface area contributed by atoms with E-state index in [1.54, 1.807) is 49.6 Å². The molecule has 2 aromatic heterocycles. The number of aromatic nitrogens is 1. The van der Waals surface area contributed by atoms with E-state index in [0.29, 0.717) is 28.0 Å². The monoisotopic (exact) mass is 422 g/mol. The van der Waals surface area contributed by atoms with Crippen LogP contribution in [0.2, 0.25) is 0 Å². The molecule has 154 valence electrons. The number of aryl methyl sites for hydroxylation is 2. The molecule has 0 saturated heterocycles. The van der Waals surface area contributed by atoms with Gasteiger partial charge in [0, 0.05) is 5.56 Å². The predicted octanol–water partition coefficient (Wildman–Crippen LogP) is 5.37. The third-order valence-electron chi connectivity index (χ3n) is 4.93. The molecule has 2 heterocycles. The van der Waals surface area contributed by atoms with E-state index < -0.39 is 0 Å². The molecule has 6 nitrogen and oxygen atoms in total. The second-order valence-corrected chi connectivity index (χ2v) is 7.89. The topological polar surface area (TPSA) is 64.8 Å². The van der Waals surface area contributed by atoms with E-state index in [0.717, 1.165) is 21.3 Å². The lowest BCUT2D eigenvalue weighted by molar-refractivity contribution is 0.0983. The summed E-state index contributed by atoms with van der Waals surface area (Å²) in [6, 6.07) is 12.9. The fourth-order valence-corrected chi connectivity index (χ4v) is 4.38. The molecule has 0 N–H and O–H groups in total. The molecule has 1 amide bonds. The fourth-order valence-electron chi connectivity index (χ4n) is 3.27. The van der Waals surface area contributed by atoms with Crippen LogP contribution in [0.25, 0.3) is 10.2 Å². The molecule has 30 heavy (non-hydrogen) atoms. The minimum Gasteiger partial charge on any atom is -0.493 e. The van der Waals surface area contributed by atoms with Crippen molar-refractivity contribution in [2.24, 2.45) is 0 Å². The quantitative estimate of drug-likeness (QED) is 0.418.